The van der Waals surface area contributed by atoms with Crippen molar-refractivity contribution in [2.45, 2.75) is 38.3 Å². The van der Waals surface area contributed by atoms with Crippen molar-refractivity contribution in [3.8, 4) is 0 Å². The number of guanidine groups is 1. The van der Waals surface area contributed by atoms with Gasteiger partial charge in [-0.25, -0.2) is 0 Å². The zero-order valence-electron chi connectivity index (χ0n) is 16.7. The van der Waals surface area contributed by atoms with Crippen LogP contribution in [0.5, 0.6) is 0 Å². The van der Waals surface area contributed by atoms with Crippen molar-refractivity contribution < 1.29 is 18.0 Å². The summed E-state index contributed by atoms with van der Waals surface area (Å²) in [4.78, 5) is 18.2. The number of halogens is 4. The van der Waals surface area contributed by atoms with Gasteiger partial charge in [0.25, 0.3) is 0 Å². The molecule has 0 spiro atoms. The maximum Gasteiger partial charge on any atom is 0.389 e. The van der Waals surface area contributed by atoms with E-state index in [9.17, 15) is 18.0 Å². The van der Waals surface area contributed by atoms with E-state index in [1.54, 1.807) is 7.05 Å². The predicted octanol–water partition coefficient (Wildman–Crippen LogP) is 3.59. The molecule has 0 radical (unpaired) electrons. The molecule has 1 unspecified atom stereocenters. The maximum absolute atomic E-state index is 12.2. The molecule has 2 rings (SSSR count). The van der Waals surface area contributed by atoms with Crippen molar-refractivity contribution >= 4 is 35.8 Å². The monoisotopic (exact) mass is 526 g/mol. The molecule has 0 aliphatic carbocycles. The first kappa shape index (κ1) is 25.5. The molecule has 0 saturated carbocycles. The van der Waals surface area contributed by atoms with E-state index in [1.807, 2.05) is 23.1 Å². The van der Waals surface area contributed by atoms with Gasteiger partial charge in [-0.3, -0.25) is 9.79 Å². The molecule has 9 heteroatoms. The van der Waals surface area contributed by atoms with Crippen LogP contribution < -0.4 is 10.6 Å². The molecule has 164 valence electrons. The van der Waals surface area contributed by atoms with Gasteiger partial charge in [-0.15, -0.1) is 24.0 Å². The van der Waals surface area contributed by atoms with E-state index in [0.29, 0.717) is 45.0 Å². The Kier molecular flexibility index (Phi) is 11.4. The third kappa shape index (κ3) is 10.2. The number of aliphatic imine (C=N–C) groups is 1. The van der Waals surface area contributed by atoms with Crippen molar-refractivity contribution in [2.24, 2.45) is 10.9 Å². The number of benzene rings is 1. The van der Waals surface area contributed by atoms with Gasteiger partial charge in [0.05, 0.1) is 0 Å². The van der Waals surface area contributed by atoms with E-state index >= 15 is 0 Å². The molecule has 1 amide bonds. The van der Waals surface area contributed by atoms with Crippen LogP contribution in [0.3, 0.4) is 0 Å². The first-order valence-electron chi connectivity index (χ1n) is 9.70. The first-order chi connectivity index (χ1) is 13.4. The summed E-state index contributed by atoms with van der Waals surface area (Å²) in [6.07, 6.45) is -2.99. The molecule has 1 aromatic rings. The van der Waals surface area contributed by atoms with Crippen LogP contribution in [0, 0.1) is 5.92 Å². The SMILES string of the molecule is CN=C(NCCCCC(F)(F)F)NCC1CC(=O)N(CCc2ccccc2)C1.I. The Morgan fingerprint density at radius 2 is 1.93 bits per heavy atom. The predicted molar refractivity (Wildman–Crippen MR) is 120 cm³/mol. The molecule has 1 atom stereocenters. The molecule has 2 N–H and O–H groups in total. The third-order valence-electron chi connectivity index (χ3n) is 4.77. The lowest BCUT2D eigenvalue weighted by Gasteiger charge is -2.18. The number of carbonyl (C=O) groups is 1. The van der Waals surface area contributed by atoms with Gasteiger partial charge in [-0.2, -0.15) is 13.2 Å². The van der Waals surface area contributed by atoms with Crippen LogP contribution in [-0.2, 0) is 11.2 Å². The second-order valence-corrected chi connectivity index (χ2v) is 7.10. The van der Waals surface area contributed by atoms with Gasteiger partial charge in [-0.05, 0) is 24.8 Å². The van der Waals surface area contributed by atoms with Crippen molar-refractivity contribution in [1.82, 2.24) is 15.5 Å². The average Bonchev–Trinajstić information content (AvgIpc) is 3.02. The summed E-state index contributed by atoms with van der Waals surface area (Å²) in [6, 6.07) is 10.1. The highest BCUT2D eigenvalue weighted by Gasteiger charge is 2.29. The number of carbonyl (C=O) groups excluding carboxylic acids is 1. The number of rotatable bonds is 9. The van der Waals surface area contributed by atoms with Crippen molar-refractivity contribution in [1.29, 1.82) is 0 Å². The van der Waals surface area contributed by atoms with Gasteiger partial charge in [-0.1, -0.05) is 30.3 Å². The van der Waals surface area contributed by atoms with E-state index in [0.717, 1.165) is 6.42 Å². The normalized spacial score (nSPS) is 17.2. The Bertz CT molecular complexity index is 640. The van der Waals surface area contributed by atoms with Crippen LogP contribution >= 0.6 is 24.0 Å². The van der Waals surface area contributed by atoms with Crippen LogP contribution in [0.2, 0.25) is 0 Å². The van der Waals surface area contributed by atoms with E-state index in [4.69, 9.17) is 0 Å². The number of hydrogen-bond acceptors (Lipinski definition) is 2. The van der Waals surface area contributed by atoms with Crippen molar-refractivity contribution in [2.75, 3.05) is 33.2 Å². The molecule has 5 nitrogen and oxygen atoms in total. The number of alkyl halides is 3. The second-order valence-electron chi connectivity index (χ2n) is 7.10. The zero-order chi connectivity index (χ0) is 20.4. The first-order valence-corrected chi connectivity index (χ1v) is 9.70. The van der Waals surface area contributed by atoms with Crippen LogP contribution in [0.15, 0.2) is 35.3 Å². The number of amides is 1. The fourth-order valence-corrected chi connectivity index (χ4v) is 3.23. The molecule has 0 bridgehead atoms. The standard InChI is InChI=1S/C20H29F3N4O.HI/c1-24-19(25-11-6-5-10-20(21,22)23)26-14-17-13-18(28)27(15-17)12-9-16-7-3-2-4-8-16;/h2-4,7-8,17H,5-6,9-15H2,1H3,(H2,24,25,26);1H. The molecular weight excluding hydrogens is 496 g/mol. The third-order valence-corrected chi connectivity index (χ3v) is 4.77. The zero-order valence-corrected chi connectivity index (χ0v) is 19.0. The number of nitrogens with zero attached hydrogens (tertiary/aromatic N) is 2. The van der Waals surface area contributed by atoms with Gasteiger partial charge in [0.1, 0.15) is 0 Å². The van der Waals surface area contributed by atoms with Crippen LogP contribution in [0.4, 0.5) is 13.2 Å². The largest absolute Gasteiger partial charge is 0.389 e. The number of likely N-dealkylation sites (tertiary alicyclic amines) is 1. The fourth-order valence-electron chi connectivity index (χ4n) is 3.23. The van der Waals surface area contributed by atoms with Crippen LogP contribution in [0.25, 0.3) is 0 Å². The molecule has 1 heterocycles. The van der Waals surface area contributed by atoms with Gasteiger partial charge in [0, 0.05) is 52.0 Å². The Labute approximate surface area is 187 Å². The average molecular weight is 526 g/mol. The summed E-state index contributed by atoms with van der Waals surface area (Å²) in [6.45, 7) is 2.46. The minimum Gasteiger partial charge on any atom is -0.356 e. The topological polar surface area (TPSA) is 56.7 Å². The number of unbranched alkanes of at least 4 members (excludes halogenated alkanes) is 1. The summed E-state index contributed by atoms with van der Waals surface area (Å²) < 4.78 is 36.4. The Morgan fingerprint density at radius 1 is 1.21 bits per heavy atom. The van der Waals surface area contributed by atoms with Gasteiger partial charge >= 0.3 is 6.18 Å². The van der Waals surface area contributed by atoms with Crippen LogP contribution in [0.1, 0.15) is 31.2 Å². The summed E-state index contributed by atoms with van der Waals surface area (Å²) in [5, 5.41) is 6.19. The van der Waals surface area contributed by atoms with Crippen molar-refractivity contribution in [3.63, 3.8) is 0 Å². The Hall–Kier alpha value is -1.52. The highest BCUT2D eigenvalue weighted by Crippen LogP contribution is 2.22. The van der Waals surface area contributed by atoms with E-state index in [1.165, 1.54) is 5.56 Å². The highest BCUT2D eigenvalue weighted by molar-refractivity contribution is 14.0. The van der Waals surface area contributed by atoms with Gasteiger partial charge < -0.3 is 15.5 Å². The van der Waals surface area contributed by atoms with Crippen molar-refractivity contribution in [3.05, 3.63) is 35.9 Å². The molecule has 1 aliphatic rings. The molecule has 1 saturated heterocycles. The van der Waals surface area contributed by atoms with E-state index in [-0.39, 0.29) is 42.2 Å². The molecule has 0 aromatic heterocycles. The highest BCUT2D eigenvalue weighted by atomic mass is 127. The van der Waals surface area contributed by atoms with E-state index < -0.39 is 12.6 Å². The molecule has 1 aliphatic heterocycles. The minimum atomic E-state index is -4.10. The van der Waals surface area contributed by atoms with Crippen LogP contribution in [-0.4, -0.2) is 56.2 Å². The second kappa shape index (κ2) is 12.9. The summed E-state index contributed by atoms with van der Waals surface area (Å²) in [5.41, 5.74) is 1.21. The lowest BCUT2D eigenvalue weighted by atomic mass is 10.1. The Morgan fingerprint density at radius 3 is 2.59 bits per heavy atom. The fraction of sp³-hybridized carbons (Fsp3) is 0.600. The summed E-state index contributed by atoms with van der Waals surface area (Å²) in [7, 11) is 1.62. The minimum absolute atomic E-state index is 0. The lowest BCUT2D eigenvalue weighted by Crippen LogP contribution is -2.40. The molecule has 1 fully saturated rings. The van der Waals surface area contributed by atoms with Gasteiger partial charge in [0.15, 0.2) is 5.96 Å². The molecule has 29 heavy (non-hydrogen) atoms. The Balaban J connectivity index is 0.00000420. The smallest absolute Gasteiger partial charge is 0.356 e. The number of nitrogens with one attached hydrogen (secondary N) is 2. The van der Waals surface area contributed by atoms with Gasteiger partial charge in [0.2, 0.25) is 5.91 Å². The lowest BCUT2D eigenvalue weighted by molar-refractivity contribution is -0.135. The summed E-state index contributed by atoms with van der Waals surface area (Å²) >= 11 is 0. The number of hydrogen-bond donors (Lipinski definition) is 2. The quantitative estimate of drug-likeness (QED) is 0.224. The molecular formula is C20H30F3IN4O. The molecule has 1 aromatic carbocycles. The maximum atomic E-state index is 12.2. The summed E-state index contributed by atoms with van der Waals surface area (Å²) in [5.74, 6) is 0.923. The van der Waals surface area contributed by atoms with E-state index in [2.05, 4.69) is 27.8 Å².